The van der Waals surface area contributed by atoms with Crippen LogP contribution in [-0.2, 0) is 27.0 Å². The largest absolute Gasteiger partial charge is 0.326 e. The first-order chi connectivity index (χ1) is 10.9. The first-order valence-electron chi connectivity index (χ1n) is 7.09. The number of hydrogen-bond acceptors (Lipinski definition) is 3. The molecule has 3 rings (SSSR count). The summed E-state index contributed by atoms with van der Waals surface area (Å²) in [6.07, 6.45) is 1.01. The number of benzene rings is 2. The molecule has 2 N–H and O–H groups in total. The highest BCUT2D eigenvalue weighted by Crippen LogP contribution is 2.26. The normalized spacial score (nSPS) is 14.0. The summed E-state index contributed by atoms with van der Waals surface area (Å²) in [6, 6.07) is 11.9. The maximum atomic E-state index is 12.3. The fourth-order valence-electron chi connectivity index (χ4n) is 2.51. The molecular weight excluding hydrogens is 336 g/mol. The lowest BCUT2D eigenvalue weighted by Gasteiger charge is -2.18. The van der Waals surface area contributed by atoms with Crippen molar-refractivity contribution in [2.45, 2.75) is 18.6 Å². The van der Waals surface area contributed by atoms with Gasteiger partial charge in [0.1, 0.15) is 0 Å². The van der Waals surface area contributed by atoms with Crippen molar-refractivity contribution in [1.82, 2.24) is 0 Å². The van der Waals surface area contributed by atoms with Crippen molar-refractivity contribution in [1.29, 1.82) is 0 Å². The molecule has 0 aliphatic carbocycles. The van der Waals surface area contributed by atoms with E-state index in [0.29, 0.717) is 29.1 Å². The van der Waals surface area contributed by atoms with E-state index in [1.165, 1.54) is 0 Å². The van der Waals surface area contributed by atoms with E-state index in [9.17, 15) is 13.2 Å². The Hall–Kier alpha value is -2.05. The molecule has 5 nitrogen and oxygen atoms in total. The summed E-state index contributed by atoms with van der Waals surface area (Å²) in [5.74, 6) is -0.173. The fraction of sp³-hybridized carbons (Fsp3) is 0.188. The summed E-state index contributed by atoms with van der Waals surface area (Å²) in [6.45, 7) is 0. The van der Waals surface area contributed by atoms with Crippen LogP contribution < -0.4 is 10.0 Å². The average Bonchev–Trinajstić information content (AvgIpc) is 2.46. The molecule has 1 aliphatic heterocycles. The predicted molar refractivity (Wildman–Crippen MR) is 91.1 cm³/mol. The first-order valence-corrected chi connectivity index (χ1v) is 9.12. The highest BCUT2D eigenvalue weighted by molar-refractivity contribution is 7.91. The Labute approximate surface area is 139 Å². The minimum Gasteiger partial charge on any atom is -0.326 e. The number of amides is 1. The average molecular weight is 351 g/mol. The van der Waals surface area contributed by atoms with Gasteiger partial charge in [-0.15, -0.1) is 0 Å². The molecule has 0 atom stereocenters. The Morgan fingerprint density at radius 3 is 2.74 bits per heavy atom. The van der Waals surface area contributed by atoms with Gasteiger partial charge in [0.05, 0.1) is 5.75 Å². The van der Waals surface area contributed by atoms with Crippen LogP contribution in [0.2, 0.25) is 5.02 Å². The van der Waals surface area contributed by atoms with Crippen molar-refractivity contribution in [3.63, 3.8) is 0 Å². The van der Waals surface area contributed by atoms with Crippen LogP contribution in [0.1, 0.15) is 17.5 Å². The quantitative estimate of drug-likeness (QED) is 0.889. The number of carbonyl (C=O) groups excluding carboxylic acids is 1. The minimum absolute atomic E-state index is 0.0215. The maximum absolute atomic E-state index is 12.3. The van der Waals surface area contributed by atoms with Gasteiger partial charge in [0, 0.05) is 22.8 Å². The molecule has 2 aromatic rings. The van der Waals surface area contributed by atoms with Gasteiger partial charge >= 0.3 is 0 Å². The smallest absolute Gasteiger partial charge is 0.236 e. The number of hydrogen-bond donors (Lipinski definition) is 2. The molecule has 1 amide bonds. The molecule has 0 radical (unpaired) electrons. The molecule has 23 heavy (non-hydrogen) atoms. The molecule has 0 fully saturated rings. The number of sulfonamides is 1. The minimum atomic E-state index is -3.54. The van der Waals surface area contributed by atoms with Gasteiger partial charge in [0.2, 0.25) is 15.9 Å². The van der Waals surface area contributed by atoms with Crippen LogP contribution in [0.4, 0.5) is 11.4 Å². The first kappa shape index (κ1) is 15.8. The Bertz CT molecular complexity index is 865. The second-order valence-electron chi connectivity index (χ2n) is 5.41. The SMILES string of the molecule is O=C1CCc2cc(NS(=O)(=O)Cc3cccc(Cl)c3)ccc2N1. The van der Waals surface area contributed by atoms with Gasteiger partial charge in [0.25, 0.3) is 0 Å². The van der Waals surface area contributed by atoms with Crippen LogP contribution in [-0.4, -0.2) is 14.3 Å². The highest BCUT2D eigenvalue weighted by Gasteiger charge is 2.17. The van der Waals surface area contributed by atoms with E-state index in [1.807, 2.05) is 0 Å². The third-order valence-corrected chi connectivity index (χ3v) is 5.01. The van der Waals surface area contributed by atoms with E-state index in [-0.39, 0.29) is 11.7 Å². The number of fused-ring (bicyclic) bond motifs is 1. The Kier molecular flexibility index (Phi) is 4.28. The van der Waals surface area contributed by atoms with Gasteiger partial charge in [-0.05, 0) is 47.9 Å². The number of rotatable bonds is 4. The molecular formula is C16H15ClN2O3S. The molecule has 0 saturated heterocycles. The molecule has 0 spiro atoms. The molecule has 120 valence electrons. The topological polar surface area (TPSA) is 75.3 Å². The third-order valence-electron chi connectivity index (χ3n) is 3.52. The molecule has 0 saturated carbocycles. The summed E-state index contributed by atoms with van der Waals surface area (Å²) < 4.78 is 27.1. The summed E-state index contributed by atoms with van der Waals surface area (Å²) in [5, 5.41) is 3.27. The Balaban J connectivity index is 1.77. The number of anilines is 2. The van der Waals surface area contributed by atoms with Crippen LogP contribution in [0.3, 0.4) is 0 Å². The third kappa shape index (κ3) is 4.03. The molecule has 7 heteroatoms. The summed E-state index contributed by atoms with van der Waals surface area (Å²) in [5.41, 5.74) is 2.77. The van der Waals surface area contributed by atoms with Gasteiger partial charge < -0.3 is 5.32 Å². The van der Waals surface area contributed by atoms with Crippen molar-refractivity contribution in [2.24, 2.45) is 0 Å². The number of halogens is 1. The lowest BCUT2D eigenvalue weighted by molar-refractivity contribution is -0.116. The van der Waals surface area contributed by atoms with Crippen LogP contribution in [0.25, 0.3) is 0 Å². The maximum Gasteiger partial charge on any atom is 0.236 e. The van der Waals surface area contributed by atoms with Crippen LogP contribution in [0, 0.1) is 0 Å². The number of aryl methyl sites for hydroxylation is 1. The van der Waals surface area contributed by atoms with Gasteiger partial charge in [-0.3, -0.25) is 9.52 Å². The Morgan fingerprint density at radius 1 is 1.13 bits per heavy atom. The zero-order chi connectivity index (χ0) is 16.4. The standard InChI is InChI=1S/C16H15ClN2O3S/c17-13-3-1-2-11(8-13)10-23(21,22)19-14-5-6-15-12(9-14)4-7-16(20)18-15/h1-3,5-6,8-9,19H,4,7,10H2,(H,18,20). The number of carbonyl (C=O) groups is 1. The van der Waals surface area contributed by atoms with Crippen molar-refractivity contribution in [3.8, 4) is 0 Å². The zero-order valence-corrected chi connectivity index (χ0v) is 13.7. The summed E-state index contributed by atoms with van der Waals surface area (Å²) >= 11 is 5.88. The molecule has 0 unspecified atom stereocenters. The zero-order valence-electron chi connectivity index (χ0n) is 12.2. The van der Waals surface area contributed by atoms with E-state index in [0.717, 1.165) is 11.3 Å². The van der Waals surface area contributed by atoms with Crippen molar-refractivity contribution >= 4 is 38.9 Å². The molecule has 0 bridgehead atoms. The van der Waals surface area contributed by atoms with E-state index in [2.05, 4.69) is 10.0 Å². The second kappa shape index (κ2) is 6.22. The molecule has 1 aliphatic rings. The van der Waals surface area contributed by atoms with Crippen molar-refractivity contribution < 1.29 is 13.2 Å². The summed E-state index contributed by atoms with van der Waals surface area (Å²) in [4.78, 5) is 11.3. The van der Waals surface area contributed by atoms with Crippen molar-refractivity contribution in [3.05, 3.63) is 58.6 Å². The Morgan fingerprint density at radius 2 is 1.96 bits per heavy atom. The van der Waals surface area contributed by atoms with Crippen LogP contribution >= 0.6 is 11.6 Å². The van der Waals surface area contributed by atoms with Gasteiger partial charge in [-0.25, -0.2) is 8.42 Å². The van der Waals surface area contributed by atoms with Gasteiger partial charge in [0.15, 0.2) is 0 Å². The second-order valence-corrected chi connectivity index (χ2v) is 7.57. The lowest BCUT2D eigenvalue weighted by atomic mass is 10.0. The summed E-state index contributed by atoms with van der Waals surface area (Å²) in [7, 11) is -3.54. The number of nitrogens with one attached hydrogen (secondary N) is 2. The molecule has 0 aromatic heterocycles. The van der Waals surface area contributed by atoms with Crippen LogP contribution in [0.5, 0.6) is 0 Å². The van der Waals surface area contributed by atoms with Gasteiger partial charge in [-0.2, -0.15) is 0 Å². The predicted octanol–water partition coefficient (Wildman–Crippen LogP) is 3.17. The molecule has 1 heterocycles. The van der Waals surface area contributed by atoms with E-state index >= 15 is 0 Å². The van der Waals surface area contributed by atoms with E-state index < -0.39 is 10.0 Å². The van der Waals surface area contributed by atoms with Crippen LogP contribution in [0.15, 0.2) is 42.5 Å². The van der Waals surface area contributed by atoms with E-state index in [1.54, 1.807) is 42.5 Å². The highest BCUT2D eigenvalue weighted by atomic mass is 35.5. The van der Waals surface area contributed by atoms with E-state index in [4.69, 9.17) is 11.6 Å². The molecule has 2 aromatic carbocycles. The fourth-order valence-corrected chi connectivity index (χ4v) is 3.90. The lowest BCUT2D eigenvalue weighted by Crippen LogP contribution is -2.20. The van der Waals surface area contributed by atoms with Gasteiger partial charge in [-0.1, -0.05) is 23.7 Å². The monoisotopic (exact) mass is 350 g/mol. The van der Waals surface area contributed by atoms with Crippen molar-refractivity contribution in [2.75, 3.05) is 10.0 Å².